The minimum Gasteiger partial charge on any atom is -0.366 e. The summed E-state index contributed by atoms with van der Waals surface area (Å²) in [5.41, 5.74) is 2.39. The molecule has 1 saturated heterocycles. The first-order valence-corrected chi connectivity index (χ1v) is 9.71. The molecule has 1 aliphatic rings. The van der Waals surface area contributed by atoms with Gasteiger partial charge in [0.15, 0.2) is 9.84 Å². The Balaban J connectivity index is 1.77. The third-order valence-electron chi connectivity index (χ3n) is 4.73. The van der Waals surface area contributed by atoms with Crippen molar-refractivity contribution in [3.05, 3.63) is 48.3 Å². The normalized spacial score (nSPS) is 22.0. The highest BCUT2D eigenvalue weighted by atomic mass is 32.2. The molecule has 6 heteroatoms. The molecule has 0 aliphatic carbocycles. The fourth-order valence-corrected chi connectivity index (χ4v) is 4.79. The topological polar surface area (TPSA) is 79.0 Å². The predicted molar refractivity (Wildman–Crippen MR) is 94.6 cm³/mol. The van der Waals surface area contributed by atoms with Gasteiger partial charge in [0.05, 0.1) is 16.1 Å². The average molecular weight is 346 g/mol. The Morgan fingerprint density at radius 3 is 2.58 bits per heavy atom. The number of benzene rings is 1. The van der Waals surface area contributed by atoms with Gasteiger partial charge in [-0.1, -0.05) is 30.3 Å². The molecule has 1 aromatic carbocycles. The van der Waals surface area contributed by atoms with Crippen LogP contribution in [-0.2, 0) is 9.84 Å². The van der Waals surface area contributed by atoms with Crippen molar-refractivity contribution in [1.29, 1.82) is 0 Å². The molecule has 0 saturated carbocycles. The highest BCUT2D eigenvalue weighted by Crippen LogP contribution is 2.31. The van der Waals surface area contributed by atoms with Crippen LogP contribution in [0, 0.1) is 0 Å². The first-order valence-electron chi connectivity index (χ1n) is 8.05. The van der Waals surface area contributed by atoms with Crippen molar-refractivity contribution >= 4 is 15.7 Å². The van der Waals surface area contributed by atoms with Gasteiger partial charge >= 0.3 is 0 Å². The molecule has 1 atom stereocenters. The van der Waals surface area contributed by atoms with Crippen LogP contribution in [0.25, 0.3) is 11.1 Å². The summed E-state index contributed by atoms with van der Waals surface area (Å²) in [4.78, 5) is 15.6. The number of hydrogen-bond acceptors (Lipinski definition) is 3. The zero-order valence-electron chi connectivity index (χ0n) is 13.9. The Morgan fingerprint density at radius 1 is 1.21 bits per heavy atom. The molecule has 1 amide bonds. The zero-order valence-corrected chi connectivity index (χ0v) is 14.7. The van der Waals surface area contributed by atoms with Crippen LogP contribution in [0.1, 0.15) is 37.0 Å². The second-order valence-electron chi connectivity index (χ2n) is 6.89. The fourth-order valence-electron chi connectivity index (χ4n) is 3.19. The van der Waals surface area contributed by atoms with Crippen LogP contribution in [0.4, 0.5) is 0 Å². The van der Waals surface area contributed by atoms with Gasteiger partial charge in [0, 0.05) is 24.0 Å². The molecule has 128 valence electrons. The maximum atomic E-state index is 12.7. The van der Waals surface area contributed by atoms with E-state index in [4.69, 9.17) is 0 Å². The van der Waals surface area contributed by atoms with Gasteiger partial charge in [0.1, 0.15) is 0 Å². The van der Waals surface area contributed by atoms with Crippen LogP contribution in [0.5, 0.6) is 0 Å². The van der Waals surface area contributed by atoms with E-state index in [0.29, 0.717) is 18.4 Å². The van der Waals surface area contributed by atoms with E-state index < -0.39 is 14.6 Å². The molecule has 0 radical (unpaired) electrons. The van der Waals surface area contributed by atoms with Gasteiger partial charge in [-0.3, -0.25) is 4.79 Å². The van der Waals surface area contributed by atoms with Crippen LogP contribution < -0.4 is 5.32 Å². The molecule has 5 nitrogen and oxygen atoms in total. The van der Waals surface area contributed by atoms with Crippen molar-refractivity contribution in [2.45, 2.75) is 37.5 Å². The summed E-state index contributed by atoms with van der Waals surface area (Å²) in [5, 5.41) is 3.00. The lowest BCUT2D eigenvalue weighted by atomic mass is 9.99. The molecule has 1 aromatic heterocycles. The van der Waals surface area contributed by atoms with Crippen LogP contribution in [0.15, 0.2) is 42.7 Å². The molecule has 2 heterocycles. The van der Waals surface area contributed by atoms with Gasteiger partial charge in [-0.05, 0) is 32.3 Å². The van der Waals surface area contributed by atoms with Crippen molar-refractivity contribution in [3.8, 4) is 11.1 Å². The molecule has 1 unspecified atom stereocenters. The molecule has 2 aromatic rings. The lowest BCUT2D eigenvalue weighted by Gasteiger charge is -2.35. The maximum Gasteiger partial charge on any atom is 0.253 e. The molecule has 24 heavy (non-hydrogen) atoms. The van der Waals surface area contributed by atoms with Crippen LogP contribution in [0.3, 0.4) is 0 Å². The first-order chi connectivity index (χ1) is 11.3. The second-order valence-corrected chi connectivity index (χ2v) is 9.63. The minimum atomic E-state index is -3.09. The molecule has 1 fully saturated rings. The largest absolute Gasteiger partial charge is 0.366 e. The zero-order chi connectivity index (χ0) is 17.4. The van der Waals surface area contributed by atoms with Gasteiger partial charge in [-0.15, -0.1) is 0 Å². The number of aromatic amines is 1. The Labute approximate surface area is 142 Å². The number of aromatic nitrogens is 1. The lowest BCUT2D eigenvalue weighted by molar-refractivity contribution is 0.0931. The Bertz CT molecular complexity index is 838. The van der Waals surface area contributed by atoms with E-state index in [1.807, 2.05) is 30.3 Å². The van der Waals surface area contributed by atoms with E-state index in [9.17, 15) is 13.2 Å². The summed E-state index contributed by atoms with van der Waals surface area (Å²) in [5.74, 6) is -0.0564. The number of hydrogen-bond donors (Lipinski definition) is 2. The molecular formula is C18H22N2O3S. The summed E-state index contributed by atoms with van der Waals surface area (Å²) >= 11 is 0. The number of nitrogens with one attached hydrogen (secondary N) is 2. The molecule has 3 rings (SSSR count). The van der Waals surface area contributed by atoms with Crippen molar-refractivity contribution in [2.24, 2.45) is 0 Å². The third kappa shape index (κ3) is 3.11. The molecule has 0 bridgehead atoms. The monoisotopic (exact) mass is 346 g/mol. The first kappa shape index (κ1) is 16.8. The van der Waals surface area contributed by atoms with Crippen molar-refractivity contribution < 1.29 is 13.2 Å². The Kier molecular flexibility index (Phi) is 4.25. The van der Waals surface area contributed by atoms with Crippen LogP contribution >= 0.6 is 0 Å². The molecule has 1 aliphatic heterocycles. The highest BCUT2D eigenvalue weighted by Gasteiger charge is 2.41. The van der Waals surface area contributed by atoms with Crippen LogP contribution in [0.2, 0.25) is 0 Å². The number of sulfone groups is 1. The van der Waals surface area contributed by atoms with E-state index >= 15 is 0 Å². The Morgan fingerprint density at radius 2 is 1.92 bits per heavy atom. The minimum absolute atomic E-state index is 0.115. The summed E-state index contributed by atoms with van der Waals surface area (Å²) in [6.07, 6.45) is 4.39. The predicted octanol–water partition coefficient (Wildman–Crippen LogP) is 2.77. The number of H-pyrrole nitrogens is 1. The van der Waals surface area contributed by atoms with Gasteiger partial charge in [-0.25, -0.2) is 8.42 Å². The van der Waals surface area contributed by atoms with E-state index in [0.717, 1.165) is 11.1 Å². The molecular weight excluding hydrogens is 324 g/mol. The number of amides is 1. The SMILES string of the molecule is CC1(C)CC(NC(=O)c2c[nH]cc2-c2ccccc2)CCS1(=O)=O. The standard InChI is InChI=1S/C18H22N2O3S/c1-18(2)10-14(8-9-24(18,22)23)20-17(21)16-12-19-11-15(16)13-6-4-3-5-7-13/h3-7,11-12,14,19H,8-10H2,1-2H3,(H,20,21). The quantitative estimate of drug-likeness (QED) is 0.897. The highest BCUT2D eigenvalue weighted by molar-refractivity contribution is 7.92. The number of rotatable bonds is 3. The summed E-state index contributed by atoms with van der Waals surface area (Å²) in [6.45, 7) is 3.46. The summed E-state index contributed by atoms with van der Waals surface area (Å²) in [7, 11) is -3.09. The lowest BCUT2D eigenvalue weighted by Crippen LogP contribution is -2.49. The van der Waals surface area contributed by atoms with Gasteiger partial charge in [-0.2, -0.15) is 0 Å². The van der Waals surface area contributed by atoms with Crippen molar-refractivity contribution in [3.63, 3.8) is 0 Å². The molecule has 0 spiro atoms. The molecule has 2 N–H and O–H groups in total. The summed E-state index contributed by atoms with van der Waals surface area (Å²) < 4.78 is 23.4. The number of carbonyl (C=O) groups is 1. The van der Waals surface area contributed by atoms with E-state index in [1.165, 1.54) is 0 Å². The number of carbonyl (C=O) groups excluding carboxylic acids is 1. The fraction of sp³-hybridized carbons (Fsp3) is 0.389. The van der Waals surface area contributed by atoms with Crippen molar-refractivity contribution in [1.82, 2.24) is 10.3 Å². The van der Waals surface area contributed by atoms with Gasteiger partial charge in [0.2, 0.25) is 0 Å². The maximum absolute atomic E-state index is 12.7. The van der Waals surface area contributed by atoms with Gasteiger partial charge in [0.25, 0.3) is 5.91 Å². The van der Waals surface area contributed by atoms with Crippen molar-refractivity contribution in [2.75, 3.05) is 5.75 Å². The van der Waals surface area contributed by atoms with E-state index in [-0.39, 0.29) is 17.7 Å². The smallest absolute Gasteiger partial charge is 0.253 e. The Hall–Kier alpha value is -2.08. The second kappa shape index (κ2) is 6.09. The van der Waals surface area contributed by atoms with Crippen LogP contribution in [-0.4, -0.2) is 35.9 Å². The third-order valence-corrected chi connectivity index (χ3v) is 7.35. The average Bonchev–Trinajstić information content (AvgIpc) is 3.01. The summed E-state index contributed by atoms with van der Waals surface area (Å²) in [6, 6.07) is 9.57. The van der Waals surface area contributed by atoms with E-state index in [2.05, 4.69) is 10.3 Å². The van der Waals surface area contributed by atoms with Gasteiger partial charge < -0.3 is 10.3 Å². The van der Waals surface area contributed by atoms with E-state index in [1.54, 1.807) is 26.2 Å².